The standard InChI is InChI=1S/C8H12N6O/c1-8(2,3)5-6(15)14(9)7-11-10-4-13(7)12-5/h4H,9H2,1-3H3. The van der Waals surface area contributed by atoms with E-state index in [2.05, 4.69) is 15.3 Å². The van der Waals surface area contributed by atoms with Crippen LogP contribution in [0.4, 0.5) is 0 Å². The van der Waals surface area contributed by atoms with Crippen molar-refractivity contribution < 1.29 is 0 Å². The Morgan fingerprint density at radius 3 is 2.67 bits per heavy atom. The van der Waals surface area contributed by atoms with Crippen molar-refractivity contribution in [3.05, 3.63) is 22.4 Å². The van der Waals surface area contributed by atoms with E-state index in [1.165, 1.54) is 10.8 Å². The fourth-order valence-corrected chi connectivity index (χ4v) is 1.28. The van der Waals surface area contributed by atoms with Crippen molar-refractivity contribution in [2.45, 2.75) is 26.2 Å². The van der Waals surface area contributed by atoms with Gasteiger partial charge in [0.2, 0.25) is 0 Å². The second kappa shape index (κ2) is 2.78. The first-order valence-corrected chi connectivity index (χ1v) is 4.50. The molecular formula is C8H12N6O. The summed E-state index contributed by atoms with van der Waals surface area (Å²) in [6.45, 7) is 5.69. The number of hydrogen-bond acceptors (Lipinski definition) is 5. The molecule has 7 heteroatoms. The lowest BCUT2D eigenvalue weighted by Gasteiger charge is -2.16. The third-order valence-corrected chi connectivity index (χ3v) is 2.07. The van der Waals surface area contributed by atoms with E-state index in [1.54, 1.807) is 0 Å². The Kier molecular flexibility index (Phi) is 1.79. The maximum absolute atomic E-state index is 11.8. The molecule has 0 spiro atoms. The zero-order chi connectivity index (χ0) is 11.2. The van der Waals surface area contributed by atoms with E-state index in [-0.39, 0.29) is 16.8 Å². The van der Waals surface area contributed by atoms with E-state index in [9.17, 15) is 4.79 Å². The zero-order valence-electron chi connectivity index (χ0n) is 8.80. The average Bonchev–Trinajstić information content (AvgIpc) is 2.57. The van der Waals surface area contributed by atoms with Crippen LogP contribution in [-0.4, -0.2) is 24.5 Å². The van der Waals surface area contributed by atoms with Crippen molar-refractivity contribution in [1.29, 1.82) is 0 Å². The molecule has 0 fully saturated rings. The van der Waals surface area contributed by atoms with Gasteiger partial charge in [-0.05, 0) is 0 Å². The first kappa shape index (κ1) is 9.63. The van der Waals surface area contributed by atoms with Crippen LogP contribution in [0.15, 0.2) is 11.1 Å². The lowest BCUT2D eigenvalue weighted by atomic mass is 9.93. The van der Waals surface area contributed by atoms with Gasteiger partial charge in [0.15, 0.2) is 0 Å². The Morgan fingerprint density at radius 2 is 2.07 bits per heavy atom. The summed E-state index contributed by atoms with van der Waals surface area (Å²) >= 11 is 0. The third kappa shape index (κ3) is 1.36. The van der Waals surface area contributed by atoms with Crippen molar-refractivity contribution >= 4 is 5.78 Å². The van der Waals surface area contributed by atoms with Gasteiger partial charge < -0.3 is 5.84 Å². The van der Waals surface area contributed by atoms with Crippen molar-refractivity contribution in [1.82, 2.24) is 24.5 Å². The molecule has 0 atom stereocenters. The second-order valence-electron chi connectivity index (χ2n) is 4.35. The Bertz CT molecular complexity index is 560. The Labute approximate surface area is 85.5 Å². The number of nitrogen functional groups attached to an aromatic ring is 1. The molecule has 2 N–H and O–H groups in total. The van der Waals surface area contributed by atoms with Crippen LogP contribution in [0.3, 0.4) is 0 Å². The molecule has 0 aliphatic heterocycles. The van der Waals surface area contributed by atoms with E-state index in [1.807, 2.05) is 20.8 Å². The second-order valence-corrected chi connectivity index (χ2v) is 4.35. The summed E-state index contributed by atoms with van der Waals surface area (Å²) < 4.78 is 2.35. The third-order valence-electron chi connectivity index (χ3n) is 2.07. The molecule has 0 radical (unpaired) electrons. The van der Waals surface area contributed by atoms with Gasteiger partial charge >= 0.3 is 0 Å². The summed E-state index contributed by atoms with van der Waals surface area (Å²) in [6.07, 6.45) is 1.41. The maximum atomic E-state index is 11.8. The van der Waals surface area contributed by atoms with Gasteiger partial charge in [0.1, 0.15) is 12.0 Å². The fraction of sp³-hybridized carbons (Fsp3) is 0.500. The van der Waals surface area contributed by atoms with E-state index in [0.29, 0.717) is 5.69 Å². The SMILES string of the molecule is CC(C)(C)c1nn2cnnc2n(N)c1=O. The van der Waals surface area contributed by atoms with Gasteiger partial charge in [-0.1, -0.05) is 20.8 Å². The molecule has 2 aromatic heterocycles. The molecule has 2 rings (SSSR count). The van der Waals surface area contributed by atoms with Crippen LogP contribution >= 0.6 is 0 Å². The van der Waals surface area contributed by atoms with E-state index < -0.39 is 0 Å². The number of nitrogens with zero attached hydrogens (tertiary/aromatic N) is 5. The molecule has 0 amide bonds. The van der Waals surface area contributed by atoms with E-state index in [4.69, 9.17) is 5.84 Å². The Hall–Kier alpha value is -1.92. The van der Waals surface area contributed by atoms with Gasteiger partial charge in [-0.2, -0.15) is 14.3 Å². The number of nitrogens with two attached hydrogens (primary N) is 1. The molecule has 15 heavy (non-hydrogen) atoms. The van der Waals surface area contributed by atoms with E-state index in [0.717, 1.165) is 4.68 Å². The Balaban J connectivity index is 2.88. The molecule has 2 aromatic rings. The largest absolute Gasteiger partial charge is 0.333 e. The minimum atomic E-state index is -0.364. The first-order chi connectivity index (χ1) is 6.91. The first-order valence-electron chi connectivity index (χ1n) is 4.50. The van der Waals surface area contributed by atoms with Crippen molar-refractivity contribution in [2.24, 2.45) is 0 Å². The molecule has 0 bridgehead atoms. The highest BCUT2D eigenvalue weighted by Gasteiger charge is 2.22. The highest BCUT2D eigenvalue weighted by atomic mass is 16.1. The van der Waals surface area contributed by atoms with Crippen LogP contribution < -0.4 is 11.4 Å². The van der Waals surface area contributed by atoms with E-state index >= 15 is 0 Å². The van der Waals surface area contributed by atoms with Crippen LogP contribution in [0.2, 0.25) is 0 Å². The molecule has 0 aliphatic carbocycles. The molecular weight excluding hydrogens is 196 g/mol. The Morgan fingerprint density at radius 1 is 1.40 bits per heavy atom. The van der Waals surface area contributed by atoms with Gasteiger partial charge in [0, 0.05) is 5.41 Å². The molecule has 0 unspecified atom stereocenters. The molecule has 7 nitrogen and oxygen atoms in total. The minimum Gasteiger partial charge on any atom is -0.333 e. The fourth-order valence-electron chi connectivity index (χ4n) is 1.28. The average molecular weight is 208 g/mol. The summed E-state index contributed by atoms with van der Waals surface area (Å²) in [5.74, 6) is 5.83. The summed E-state index contributed by atoms with van der Waals surface area (Å²) in [5.41, 5.74) is -0.322. The maximum Gasteiger partial charge on any atom is 0.295 e. The summed E-state index contributed by atoms with van der Waals surface area (Å²) in [5, 5.41) is 11.5. The molecule has 0 aromatic carbocycles. The van der Waals surface area contributed by atoms with Gasteiger partial charge in [-0.3, -0.25) is 4.79 Å². The number of rotatable bonds is 0. The topological polar surface area (TPSA) is 91.1 Å². The van der Waals surface area contributed by atoms with Gasteiger partial charge in [0.05, 0.1) is 0 Å². The number of fused-ring (bicyclic) bond motifs is 1. The summed E-state index contributed by atoms with van der Waals surface area (Å²) in [4.78, 5) is 11.8. The van der Waals surface area contributed by atoms with Gasteiger partial charge in [0.25, 0.3) is 11.3 Å². The molecule has 80 valence electrons. The zero-order valence-corrected chi connectivity index (χ0v) is 8.80. The van der Waals surface area contributed by atoms with Crippen LogP contribution in [0.25, 0.3) is 5.78 Å². The summed E-state index contributed by atoms with van der Waals surface area (Å²) in [6, 6.07) is 0. The minimum absolute atomic E-state index is 0.230. The number of aromatic nitrogens is 5. The quantitative estimate of drug-likeness (QED) is 0.578. The van der Waals surface area contributed by atoms with Gasteiger partial charge in [-0.15, -0.1) is 10.2 Å². The van der Waals surface area contributed by atoms with Crippen molar-refractivity contribution in [2.75, 3.05) is 5.84 Å². The van der Waals surface area contributed by atoms with Crippen LogP contribution in [0.5, 0.6) is 0 Å². The summed E-state index contributed by atoms with van der Waals surface area (Å²) in [7, 11) is 0. The van der Waals surface area contributed by atoms with Crippen LogP contribution in [0.1, 0.15) is 26.5 Å². The molecule has 0 saturated carbocycles. The normalized spacial score (nSPS) is 12.2. The monoisotopic (exact) mass is 208 g/mol. The smallest absolute Gasteiger partial charge is 0.295 e. The highest BCUT2D eigenvalue weighted by Crippen LogP contribution is 2.15. The van der Waals surface area contributed by atoms with Crippen LogP contribution in [-0.2, 0) is 5.41 Å². The predicted molar refractivity (Wildman–Crippen MR) is 53.9 cm³/mol. The lowest BCUT2D eigenvalue weighted by Crippen LogP contribution is -2.37. The highest BCUT2D eigenvalue weighted by molar-refractivity contribution is 5.26. The van der Waals surface area contributed by atoms with Crippen LogP contribution in [0, 0.1) is 0 Å². The van der Waals surface area contributed by atoms with Crippen molar-refractivity contribution in [3.63, 3.8) is 0 Å². The lowest BCUT2D eigenvalue weighted by molar-refractivity contribution is 0.534. The van der Waals surface area contributed by atoms with Crippen molar-refractivity contribution in [3.8, 4) is 0 Å². The van der Waals surface area contributed by atoms with Gasteiger partial charge in [-0.25, -0.2) is 0 Å². The molecule has 2 heterocycles. The predicted octanol–water partition coefficient (Wildman–Crippen LogP) is -0.703. The number of hydrogen-bond donors (Lipinski definition) is 1. The molecule has 0 saturated heterocycles. The molecule has 0 aliphatic rings.